The monoisotopic (exact) mass is 410 g/mol. The number of halogens is 2. The van der Waals surface area contributed by atoms with E-state index in [1.54, 1.807) is 24.3 Å². The number of aromatic nitrogens is 2. The van der Waals surface area contributed by atoms with E-state index in [1.165, 1.54) is 0 Å². The molecule has 0 atom stereocenters. The van der Waals surface area contributed by atoms with E-state index in [4.69, 9.17) is 23.2 Å². The first-order valence-electron chi connectivity index (χ1n) is 8.67. The van der Waals surface area contributed by atoms with Crippen LogP contribution < -0.4 is 0 Å². The summed E-state index contributed by atoms with van der Waals surface area (Å²) in [5.74, 6) is -0.0707. The number of hydrogen-bond acceptors (Lipinski definition) is 2. The highest BCUT2D eigenvalue weighted by atomic mass is 35.5. The second-order valence-electron chi connectivity index (χ2n) is 6.57. The van der Waals surface area contributed by atoms with Crippen molar-refractivity contribution >= 4 is 40.2 Å². The molecule has 0 aliphatic heterocycles. The topological polar surface area (TPSA) is 55.1 Å². The summed E-state index contributed by atoms with van der Waals surface area (Å²) in [5.41, 5.74) is 4.82. The zero-order valence-electron chi connectivity index (χ0n) is 15.0. The fraction of sp³-hybridized carbons (Fsp3) is 0.0909. The molecule has 0 spiro atoms. The maximum absolute atomic E-state index is 11.3. The Morgan fingerprint density at radius 1 is 1.04 bits per heavy atom. The number of benzene rings is 3. The van der Waals surface area contributed by atoms with Crippen molar-refractivity contribution < 1.29 is 9.90 Å². The number of imidazole rings is 1. The minimum absolute atomic E-state index is 0.259. The van der Waals surface area contributed by atoms with Gasteiger partial charge in [-0.3, -0.25) is 0 Å². The fourth-order valence-electron chi connectivity index (χ4n) is 3.27. The van der Waals surface area contributed by atoms with Gasteiger partial charge in [0.2, 0.25) is 0 Å². The smallest absolute Gasteiger partial charge is 0.335 e. The minimum Gasteiger partial charge on any atom is -0.478 e. The first-order valence-corrected chi connectivity index (χ1v) is 9.42. The largest absolute Gasteiger partial charge is 0.478 e. The summed E-state index contributed by atoms with van der Waals surface area (Å²) in [5, 5.41) is 10.5. The zero-order chi connectivity index (χ0) is 19.8. The third-order valence-corrected chi connectivity index (χ3v) is 5.31. The molecule has 0 aliphatic rings. The lowest BCUT2D eigenvalue weighted by Gasteiger charge is -2.10. The van der Waals surface area contributed by atoms with Gasteiger partial charge in [0.25, 0.3) is 0 Å². The molecule has 0 amide bonds. The third kappa shape index (κ3) is 3.49. The van der Waals surface area contributed by atoms with Crippen LogP contribution in [-0.4, -0.2) is 20.6 Å². The highest BCUT2D eigenvalue weighted by Gasteiger charge is 2.12. The molecule has 4 rings (SSSR count). The normalized spacial score (nSPS) is 11.1. The lowest BCUT2D eigenvalue weighted by atomic mass is 10.0. The maximum Gasteiger partial charge on any atom is 0.335 e. The van der Waals surface area contributed by atoms with Gasteiger partial charge in [-0.15, -0.1) is 0 Å². The van der Waals surface area contributed by atoms with Crippen molar-refractivity contribution in [3.63, 3.8) is 0 Å². The number of rotatable bonds is 4. The second-order valence-corrected chi connectivity index (χ2v) is 7.41. The Morgan fingerprint density at radius 3 is 2.57 bits per heavy atom. The first-order chi connectivity index (χ1) is 13.4. The molecule has 0 bridgehead atoms. The van der Waals surface area contributed by atoms with Gasteiger partial charge >= 0.3 is 5.97 Å². The number of aryl methyl sites for hydroxylation is 1. The molecule has 0 fully saturated rings. The Hall–Kier alpha value is -2.82. The Labute approximate surface area is 172 Å². The molecule has 140 valence electrons. The van der Waals surface area contributed by atoms with Crippen molar-refractivity contribution in [1.29, 1.82) is 0 Å². The molecule has 28 heavy (non-hydrogen) atoms. The van der Waals surface area contributed by atoms with Crippen molar-refractivity contribution in [3.8, 4) is 11.1 Å². The lowest BCUT2D eigenvalue weighted by Crippen LogP contribution is -2.02. The number of carboxylic acid groups (broad SMARTS) is 1. The molecule has 0 radical (unpaired) electrons. The quantitative estimate of drug-likeness (QED) is 0.444. The molecular formula is C22H16Cl2N2O2. The van der Waals surface area contributed by atoms with Crippen molar-refractivity contribution in [3.05, 3.63) is 87.7 Å². The van der Waals surface area contributed by atoms with Crippen LogP contribution in [0.2, 0.25) is 10.0 Å². The summed E-state index contributed by atoms with van der Waals surface area (Å²) in [7, 11) is 0. The Bertz CT molecular complexity index is 1210. The molecule has 4 nitrogen and oxygen atoms in total. The van der Waals surface area contributed by atoms with Gasteiger partial charge in [-0.1, -0.05) is 47.5 Å². The predicted octanol–water partition coefficient (Wildman–Crippen LogP) is 6.07. The van der Waals surface area contributed by atoms with Gasteiger partial charge in [-0.2, -0.15) is 0 Å². The van der Waals surface area contributed by atoms with E-state index in [1.807, 2.05) is 43.3 Å². The first kappa shape index (κ1) is 18.5. The number of fused-ring (bicyclic) bond motifs is 1. The fourth-order valence-corrected chi connectivity index (χ4v) is 3.74. The van der Waals surface area contributed by atoms with Crippen molar-refractivity contribution in [2.75, 3.05) is 0 Å². The average Bonchev–Trinajstić information content (AvgIpc) is 2.98. The van der Waals surface area contributed by atoms with E-state index in [0.717, 1.165) is 33.5 Å². The van der Waals surface area contributed by atoms with Crippen LogP contribution in [0.15, 0.2) is 60.7 Å². The minimum atomic E-state index is -0.943. The van der Waals surface area contributed by atoms with Crippen LogP contribution in [0, 0.1) is 6.92 Å². The molecule has 0 aliphatic carbocycles. The standard InChI is InChI=1S/C22H16Cl2N2O2/c1-13-25-20-8-6-15(14-3-2-4-16(9-14)22(27)28)10-21(20)26(13)12-17-5-7-18(23)11-19(17)24/h2-11H,12H2,1H3,(H,27,28). The summed E-state index contributed by atoms with van der Waals surface area (Å²) in [6.07, 6.45) is 0. The summed E-state index contributed by atoms with van der Waals surface area (Å²) in [6.45, 7) is 2.52. The summed E-state index contributed by atoms with van der Waals surface area (Å²) < 4.78 is 2.09. The predicted molar refractivity (Wildman–Crippen MR) is 112 cm³/mol. The van der Waals surface area contributed by atoms with Gasteiger partial charge in [0, 0.05) is 10.0 Å². The van der Waals surface area contributed by atoms with E-state index in [0.29, 0.717) is 16.6 Å². The molecule has 6 heteroatoms. The molecular weight excluding hydrogens is 395 g/mol. The number of carboxylic acids is 1. The molecule has 1 heterocycles. The number of hydrogen-bond donors (Lipinski definition) is 1. The maximum atomic E-state index is 11.3. The van der Waals surface area contributed by atoms with Gasteiger partial charge in [0.1, 0.15) is 5.82 Å². The second kappa shape index (κ2) is 7.30. The van der Waals surface area contributed by atoms with Gasteiger partial charge < -0.3 is 9.67 Å². The van der Waals surface area contributed by atoms with E-state index < -0.39 is 5.97 Å². The van der Waals surface area contributed by atoms with Gasteiger partial charge in [-0.25, -0.2) is 9.78 Å². The van der Waals surface area contributed by atoms with E-state index in [2.05, 4.69) is 9.55 Å². The number of aromatic carboxylic acids is 1. The van der Waals surface area contributed by atoms with Gasteiger partial charge in [0.05, 0.1) is 23.1 Å². The molecule has 1 N–H and O–H groups in total. The Kier molecular flexibility index (Phi) is 4.84. The van der Waals surface area contributed by atoms with E-state index in [9.17, 15) is 9.90 Å². The van der Waals surface area contributed by atoms with Gasteiger partial charge in [-0.05, 0) is 60.0 Å². The molecule has 0 unspecified atom stereocenters. The lowest BCUT2D eigenvalue weighted by molar-refractivity contribution is 0.0697. The number of nitrogens with zero attached hydrogens (tertiary/aromatic N) is 2. The van der Waals surface area contributed by atoms with Crippen LogP contribution in [0.1, 0.15) is 21.7 Å². The van der Waals surface area contributed by atoms with E-state index in [-0.39, 0.29) is 5.56 Å². The van der Waals surface area contributed by atoms with Crippen LogP contribution in [-0.2, 0) is 6.54 Å². The molecule has 0 saturated heterocycles. The van der Waals surface area contributed by atoms with Crippen molar-refractivity contribution in [1.82, 2.24) is 9.55 Å². The van der Waals surface area contributed by atoms with Crippen LogP contribution in [0.3, 0.4) is 0 Å². The van der Waals surface area contributed by atoms with Crippen LogP contribution in [0.25, 0.3) is 22.2 Å². The zero-order valence-corrected chi connectivity index (χ0v) is 16.5. The summed E-state index contributed by atoms with van der Waals surface area (Å²) in [6, 6.07) is 18.3. The molecule has 1 aromatic heterocycles. The van der Waals surface area contributed by atoms with Crippen LogP contribution in [0.4, 0.5) is 0 Å². The average molecular weight is 411 g/mol. The Morgan fingerprint density at radius 2 is 1.82 bits per heavy atom. The van der Waals surface area contributed by atoms with Crippen molar-refractivity contribution in [2.24, 2.45) is 0 Å². The third-order valence-electron chi connectivity index (χ3n) is 4.73. The van der Waals surface area contributed by atoms with Crippen LogP contribution in [0.5, 0.6) is 0 Å². The highest BCUT2D eigenvalue weighted by molar-refractivity contribution is 6.35. The molecule has 3 aromatic carbocycles. The summed E-state index contributed by atoms with van der Waals surface area (Å²) in [4.78, 5) is 15.9. The highest BCUT2D eigenvalue weighted by Crippen LogP contribution is 2.28. The Balaban J connectivity index is 1.80. The number of carbonyl (C=O) groups is 1. The van der Waals surface area contributed by atoms with Gasteiger partial charge in [0.15, 0.2) is 0 Å². The molecule has 4 aromatic rings. The SMILES string of the molecule is Cc1nc2ccc(-c3cccc(C(=O)O)c3)cc2n1Cc1ccc(Cl)cc1Cl. The van der Waals surface area contributed by atoms with Crippen LogP contribution >= 0.6 is 23.2 Å². The van der Waals surface area contributed by atoms with E-state index >= 15 is 0 Å². The molecule has 0 saturated carbocycles. The van der Waals surface area contributed by atoms with Crippen molar-refractivity contribution in [2.45, 2.75) is 13.5 Å². The summed E-state index contributed by atoms with van der Waals surface area (Å²) >= 11 is 12.4.